The summed E-state index contributed by atoms with van der Waals surface area (Å²) in [5.74, 6) is -0.194. The smallest absolute Gasteiger partial charge is 0.335 e. The van der Waals surface area contributed by atoms with E-state index in [-0.39, 0.29) is 17.3 Å². The van der Waals surface area contributed by atoms with Crippen LogP contribution in [0.2, 0.25) is 0 Å². The minimum Gasteiger partial charge on any atom is -0.478 e. The third kappa shape index (κ3) is 4.34. The van der Waals surface area contributed by atoms with Crippen LogP contribution in [-0.4, -0.2) is 43.7 Å². The molecule has 3 rings (SSSR count). The van der Waals surface area contributed by atoms with Gasteiger partial charge in [0.15, 0.2) is 0 Å². The molecule has 7 nitrogen and oxygen atoms in total. The van der Waals surface area contributed by atoms with E-state index in [0.29, 0.717) is 18.3 Å². The first-order valence-electron chi connectivity index (χ1n) is 9.38. The lowest BCUT2D eigenvalue weighted by atomic mass is 10.0. The Hall–Kier alpha value is -3.48. The van der Waals surface area contributed by atoms with Crippen LogP contribution in [0.5, 0.6) is 0 Å². The number of amides is 1. The molecule has 0 aliphatic rings. The Labute approximate surface area is 169 Å². The van der Waals surface area contributed by atoms with Crippen molar-refractivity contribution in [2.75, 3.05) is 7.05 Å². The number of carbonyl (C=O) groups excluding carboxylic acids is 1. The van der Waals surface area contributed by atoms with Gasteiger partial charge in [-0.2, -0.15) is 0 Å². The van der Waals surface area contributed by atoms with Gasteiger partial charge in [-0.15, -0.1) is 5.10 Å². The second kappa shape index (κ2) is 8.26. The minimum atomic E-state index is -0.979. The van der Waals surface area contributed by atoms with Gasteiger partial charge in [-0.05, 0) is 42.2 Å². The van der Waals surface area contributed by atoms with E-state index in [1.54, 1.807) is 23.9 Å². The van der Waals surface area contributed by atoms with Crippen LogP contribution in [0, 0.1) is 6.92 Å². The Morgan fingerprint density at radius 2 is 1.76 bits per heavy atom. The molecule has 3 aromatic rings. The normalized spacial score (nSPS) is 10.9. The summed E-state index contributed by atoms with van der Waals surface area (Å²) >= 11 is 0. The molecule has 0 unspecified atom stereocenters. The van der Waals surface area contributed by atoms with Crippen molar-refractivity contribution in [3.05, 3.63) is 76.9 Å². The molecule has 2 aromatic carbocycles. The number of benzene rings is 2. The van der Waals surface area contributed by atoms with Gasteiger partial charge in [-0.1, -0.05) is 44.2 Å². The summed E-state index contributed by atoms with van der Waals surface area (Å²) in [6, 6.07) is 14.4. The first kappa shape index (κ1) is 20.3. The number of aryl methyl sites for hydroxylation is 1. The summed E-state index contributed by atoms with van der Waals surface area (Å²) in [5.41, 5.74) is 3.08. The van der Waals surface area contributed by atoms with Crippen LogP contribution >= 0.6 is 0 Å². The van der Waals surface area contributed by atoms with Gasteiger partial charge in [-0.25, -0.2) is 14.5 Å². The van der Waals surface area contributed by atoms with Crippen molar-refractivity contribution in [1.29, 1.82) is 0 Å². The van der Waals surface area contributed by atoms with Crippen LogP contribution in [0.1, 0.15) is 57.7 Å². The van der Waals surface area contributed by atoms with Crippen LogP contribution in [0.4, 0.5) is 0 Å². The molecule has 1 heterocycles. The van der Waals surface area contributed by atoms with Gasteiger partial charge >= 0.3 is 5.97 Å². The highest BCUT2D eigenvalue weighted by Crippen LogP contribution is 2.23. The van der Waals surface area contributed by atoms with Gasteiger partial charge in [-0.3, -0.25) is 4.79 Å². The van der Waals surface area contributed by atoms with E-state index in [2.05, 4.69) is 30.0 Å². The van der Waals surface area contributed by atoms with Gasteiger partial charge in [0.2, 0.25) is 5.82 Å². The molecular formula is C22H24N4O3. The molecule has 0 spiro atoms. The number of nitrogens with zero attached hydrogens (tertiary/aromatic N) is 4. The third-order valence-electron chi connectivity index (χ3n) is 4.71. The van der Waals surface area contributed by atoms with Gasteiger partial charge in [0.25, 0.3) is 5.91 Å². The highest BCUT2D eigenvalue weighted by molar-refractivity contribution is 5.90. The molecule has 29 heavy (non-hydrogen) atoms. The molecule has 1 N–H and O–H groups in total. The van der Waals surface area contributed by atoms with Crippen LogP contribution < -0.4 is 0 Å². The number of carbonyl (C=O) groups is 2. The van der Waals surface area contributed by atoms with Gasteiger partial charge in [0.1, 0.15) is 5.82 Å². The predicted octanol–water partition coefficient (Wildman–Crippen LogP) is 3.67. The van der Waals surface area contributed by atoms with Crippen molar-refractivity contribution in [2.24, 2.45) is 0 Å². The Kier molecular flexibility index (Phi) is 5.77. The largest absolute Gasteiger partial charge is 0.478 e. The summed E-state index contributed by atoms with van der Waals surface area (Å²) in [7, 11) is 1.67. The molecule has 0 saturated heterocycles. The SMILES string of the molecule is Cc1nc(C(=O)N(C)Cc2ccc(C(=O)O)cc2)nn1-c1ccccc1C(C)C. The maximum Gasteiger partial charge on any atom is 0.335 e. The number of aromatic nitrogens is 3. The summed E-state index contributed by atoms with van der Waals surface area (Å²) in [6.45, 7) is 6.38. The average Bonchev–Trinajstić information content (AvgIpc) is 3.09. The summed E-state index contributed by atoms with van der Waals surface area (Å²) < 4.78 is 1.71. The zero-order chi connectivity index (χ0) is 21.1. The molecular weight excluding hydrogens is 368 g/mol. The van der Waals surface area contributed by atoms with E-state index in [9.17, 15) is 9.59 Å². The number of hydrogen-bond donors (Lipinski definition) is 1. The van der Waals surface area contributed by atoms with Crippen molar-refractivity contribution in [1.82, 2.24) is 19.7 Å². The quantitative estimate of drug-likeness (QED) is 0.691. The van der Waals surface area contributed by atoms with Crippen molar-refractivity contribution >= 4 is 11.9 Å². The van der Waals surface area contributed by atoms with Crippen molar-refractivity contribution < 1.29 is 14.7 Å². The van der Waals surface area contributed by atoms with Crippen molar-refractivity contribution in [3.8, 4) is 5.69 Å². The predicted molar refractivity (Wildman–Crippen MR) is 109 cm³/mol. The fraction of sp³-hybridized carbons (Fsp3) is 0.273. The maximum absolute atomic E-state index is 12.8. The van der Waals surface area contributed by atoms with Crippen molar-refractivity contribution in [3.63, 3.8) is 0 Å². The first-order valence-corrected chi connectivity index (χ1v) is 9.38. The number of carboxylic acids is 1. The Morgan fingerprint density at radius 3 is 2.38 bits per heavy atom. The molecule has 0 atom stereocenters. The molecule has 0 bridgehead atoms. The third-order valence-corrected chi connectivity index (χ3v) is 4.71. The number of carboxylic acid groups (broad SMARTS) is 1. The highest BCUT2D eigenvalue weighted by atomic mass is 16.4. The van der Waals surface area contributed by atoms with E-state index >= 15 is 0 Å². The topological polar surface area (TPSA) is 88.3 Å². The van der Waals surface area contributed by atoms with Crippen LogP contribution in [-0.2, 0) is 6.54 Å². The van der Waals surface area contributed by atoms with Crippen LogP contribution in [0.25, 0.3) is 5.69 Å². The Morgan fingerprint density at radius 1 is 1.10 bits per heavy atom. The van der Waals surface area contributed by atoms with E-state index in [0.717, 1.165) is 16.8 Å². The van der Waals surface area contributed by atoms with E-state index in [4.69, 9.17) is 5.11 Å². The standard InChI is InChI=1S/C22H24N4O3/c1-14(2)18-7-5-6-8-19(18)26-15(3)23-20(24-26)21(27)25(4)13-16-9-11-17(12-10-16)22(28)29/h5-12,14H,13H2,1-4H3,(H,28,29). The molecule has 1 amide bonds. The van der Waals surface area contributed by atoms with Gasteiger partial charge < -0.3 is 10.0 Å². The number of hydrogen-bond acceptors (Lipinski definition) is 4. The molecule has 0 fully saturated rings. The van der Waals surface area contributed by atoms with Gasteiger partial charge in [0, 0.05) is 13.6 Å². The minimum absolute atomic E-state index is 0.130. The van der Waals surface area contributed by atoms with E-state index < -0.39 is 5.97 Å². The lowest BCUT2D eigenvalue weighted by Gasteiger charge is -2.15. The number of rotatable bonds is 6. The average molecular weight is 392 g/mol. The molecule has 0 aliphatic carbocycles. The van der Waals surface area contributed by atoms with Crippen LogP contribution in [0.3, 0.4) is 0 Å². The fourth-order valence-electron chi connectivity index (χ4n) is 3.15. The zero-order valence-electron chi connectivity index (χ0n) is 17.0. The fourth-order valence-corrected chi connectivity index (χ4v) is 3.15. The summed E-state index contributed by atoms with van der Waals surface area (Å²) in [5, 5.41) is 13.4. The lowest BCUT2D eigenvalue weighted by molar-refractivity contribution is 0.0695. The summed E-state index contributed by atoms with van der Waals surface area (Å²) in [4.78, 5) is 29.7. The molecule has 0 radical (unpaired) electrons. The molecule has 7 heteroatoms. The number of para-hydroxylation sites is 1. The van der Waals surface area contributed by atoms with Gasteiger partial charge in [0.05, 0.1) is 11.3 Å². The van der Waals surface area contributed by atoms with E-state index in [1.165, 1.54) is 17.0 Å². The molecule has 150 valence electrons. The Bertz CT molecular complexity index is 1040. The molecule has 1 aromatic heterocycles. The molecule has 0 aliphatic heterocycles. The lowest BCUT2D eigenvalue weighted by Crippen LogP contribution is -2.27. The number of aromatic carboxylic acids is 1. The second-order valence-electron chi connectivity index (χ2n) is 7.27. The highest BCUT2D eigenvalue weighted by Gasteiger charge is 2.20. The first-order chi connectivity index (χ1) is 13.8. The Balaban J connectivity index is 1.82. The maximum atomic E-state index is 12.8. The zero-order valence-corrected chi connectivity index (χ0v) is 17.0. The molecule has 0 saturated carbocycles. The van der Waals surface area contributed by atoms with E-state index in [1.807, 2.05) is 25.1 Å². The monoisotopic (exact) mass is 392 g/mol. The summed E-state index contributed by atoms with van der Waals surface area (Å²) in [6.07, 6.45) is 0. The van der Waals surface area contributed by atoms with Crippen LogP contribution in [0.15, 0.2) is 48.5 Å². The second-order valence-corrected chi connectivity index (χ2v) is 7.27. The van der Waals surface area contributed by atoms with Crippen molar-refractivity contribution in [2.45, 2.75) is 33.2 Å².